The van der Waals surface area contributed by atoms with Crippen molar-refractivity contribution >= 4 is 44.4 Å². The highest BCUT2D eigenvalue weighted by atomic mass is 32.2. The molecular weight excluding hydrogens is 390 g/mol. The molecule has 7 heteroatoms. The minimum absolute atomic E-state index is 0.0339. The summed E-state index contributed by atoms with van der Waals surface area (Å²) in [6.45, 7) is 3.37. The van der Waals surface area contributed by atoms with Gasteiger partial charge in [-0.2, -0.15) is 0 Å². The van der Waals surface area contributed by atoms with Crippen molar-refractivity contribution < 1.29 is 9.53 Å². The van der Waals surface area contributed by atoms with Gasteiger partial charge < -0.3 is 9.64 Å². The van der Waals surface area contributed by atoms with E-state index in [1.165, 1.54) is 11.3 Å². The molecule has 0 fully saturated rings. The number of aryl methyl sites for hydroxylation is 1. The summed E-state index contributed by atoms with van der Waals surface area (Å²) in [5.74, 6) is 0.695. The third kappa shape index (κ3) is 4.32. The van der Waals surface area contributed by atoms with E-state index in [1.54, 1.807) is 23.8 Å². The molecule has 1 heterocycles. The number of aromatic nitrogens is 1. The van der Waals surface area contributed by atoms with Crippen molar-refractivity contribution in [3.63, 3.8) is 0 Å². The summed E-state index contributed by atoms with van der Waals surface area (Å²) in [4.78, 5) is 23.1. The lowest BCUT2D eigenvalue weighted by molar-refractivity contribution is 0.0985. The van der Waals surface area contributed by atoms with Gasteiger partial charge in [0, 0.05) is 23.5 Å². The van der Waals surface area contributed by atoms with Gasteiger partial charge in [-0.1, -0.05) is 23.5 Å². The zero-order chi connectivity index (χ0) is 20.3. The Labute approximate surface area is 174 Å². The Hall–Kier alpha value is -2.09. The Bertz CT molecular complexity index is 985. The van der Waals surface area contributed by atoms with Gasteiger partial charge in [0.25, 0.3) is 5.91 Å². The number of benzene rings is 2. The highest BCUT2D eigenvalue weighted by Gasteiger charge is 2.23. The first kappa shape index (κ1) is 20.6. The van der Waals surface area contributed by atoms with E-state index in [9.17, 15) is 4.79 Å². The molecule has 0 atom stereocenters. The lowest BCUT2D eigenvalue weighted by Crippen LogP contribution is -2.36. The molecule has 0 aliphatic carbocycles. The van der Waals surface area contributed by atoms with Gasteiger partial charge >= 0.3 is 0 Å². The van der Waals surface area contributed by atoms with Crippen molar-refractivity contribution in [3.05, 3.63) is 47.5 Å². The smallest absolute Gasteiger partial charge is 0.260 e. The molecule has 0 aliphatic heterocycles. The topological polar surface area (TPSA) is 45.7 Å². The van der Waals surface area contributed by atoms with Crippen LogP contribution in [-0.2, 0) is 0 Å². The first-order valence-corrected chi connectivity index (χ1v) is 11.0. The molecule has 28 heavy (non-hydrogen) atoms. The number of nitrogens with zero attached hydrogens (tertiary/aromatic N) is 3. The fraction of sp³-hybridized carbons (Fsp3) is 0.333. The third-order valence-electron chi connectivity index (χ3n) is 4.48. The first-order valence-electron chi connectivity index (χ1n) is 8.99. The number of anilines is 1. The van der Waals surface area contributed by atoms with Gasteiger partial charge in [-0.15, -0.1) is 11.8 Å². The van der Waals surface area contributed by atoms with Gasteiger partial charge in [0.05, 0.1) is 11.8 Å². The molecule has 0 radical (unpaired) electrons. The second-order valence-corrected chi connectivity index (χ2v) is 8.61. The molecule has 0 saturated heterocycles. The Morgan fingerprint density at radius 2 is 2.00 bits per heavy atom. The number of likely N-dealkylation sites (N-methyl/N-ethyl adjacent to an activating group) is 1. The zero-order valence-electron chi connectivity index (χ0n) is 16.9. The Balaban J connectivity index is 2.05. The van der Waals surface area contributed by atoms with Crippen LogP contribution in [0.15, 0.2) is 41.3 Å². The third-order valence-corrected chi connectivity index (χ3v) is 6.41. The van der Waals surface area contributed by atoms with Crippen molar-refractivity contribution in [2.75, 3.05) is 45.5 Å². The summed E-state index contributed by atoms with van der Waals surface area (Å²) >= 11 is 3.16. The fourth-order valence-electron chi connectivity index (χ4n) is 2.87. The predicted molar refractivity (Wildman–Crippen MR) is 119 cm³/mol. The van der Waals surface area contributed by atoms with Gasteiger partial charge in [-0.05, 0) is 57.1 Å². The summed E-state index contributed by atoms with van der Waals surface area (Å²) in [6.07, 6.45) is 2.01. The number of ether oxygens (including phenoxy) is 1. The molecule has 0 spiro atoms. The predicted octanol–water partition coefficient (Wildman–Crippen LogP) is 4.54. The lowest BCUT2D eigenvalue weighted by Gasteiger charge is -2.22. The Kier molecular flexibility index (Phi) is 6.59. The first-order chi connectivity index (χ1) is 13.4. The van der Waals surface area contributed by atoms with Crippen molar-refractivity contribution in [1.29, 1.82) is 0 Å². The van der Waals surface area contributed by atoms with Crippen LogP contribution in [0.25, 0.3) is 10.2 Å². The van der Waals surface area contributed by atoms with Crippen molar-refractivity contribution in [2.45, 2.75) is 11.8 Å². The van der Waals surface area contributed by atoms with Crippen molar-refractivity contribution in [1.82, 2.24) is 9.88 Å². The van der Waals surface area contributed by atoms with E-state index < -0.39 is 0 Å². The molecule has 5 nitrogen and oxygen atoms in total. The van der Waals surface area contributed by atoms with Crippen LogP contribution in [0.2, 0.25) is 0 Å². The summed E-state index contributed by atoms with van der Waals surface area (Å²) in [7, 11) is 5.65. The zero-order valence-corrected chi connectivity index (χ0v) is 18.5. The van der Waals surface area contributed by atoms with E-state index in [2.05, 4.69) is 11.8 Å². The molecule has 3 rings (SSSR count). The number of rotatable bonds is 7. The van der Waals surface area contributed by atoms with Crippen LogP contribution < -0.4 is 9.64 Å². The van der Waals surface area contributed by atoms with Gasteiger partial charge in [0.2, 0.25) is 0 Å². The Morgan fingerprint density at radius 1 is 1.21 bits per heavy atom. The molecule has 1 amide bonds. The number of fused-ring (bicyclic) bond motifs is 1. The molecular formula is C21H25N3O2S2. The number of carbonyl (C=O) groups is 1. The number of carbonyl (C=O) groups excluding carboxylic acids is 1. The SMILES string of the molecule is COc1ccc(C)c2sc(N(CCN(C)C)C(=O)c3cccc(SC)c3)nc12. The minimum atomic E-state index is -0.0339. The van der Waals surface area contributed by atoms with Gasteiger partial charge in [-0.25, -0.2) is 4.98 Å². The highest BCUT2D eigenvalue weighted by molar-refractivity contribution is 7.98. The van der Waals surface area contributed by atoms with E-state index in [0.29, 0.717) is 17.2 Å². The van der Waals surface area contributed by atoms with Crippen molar-refractivity contribution in [3.8, 4) is 5.75 Å². The molecule has 3 aromatic rings. The van der Waals surface area contributed by atoms with Crippen LogP contribution in [-0.4, -0.2) is 56.3 Å². The maximum absolute atomic E-state index is 13.4. The Morgan fingerprint density at radius 3 is 2.68 bits per heavy atom. The average Bonchev–Trinajstić information content (AvgIpc) is 3.14. The van der Waals surface area contributed by atoms with Gasteiger partial charge in [0.1, 0.15) is 11.3 Å². The van der Waals surface area contributed by atoms with Crippen LogP contribution in [0.1, 0.15) is 15.9 Å². The second kappa shape index (κ2) is 8.94. The lowest BCUT2D eigenvalue weighted by atomic mass is 10.2. The minimum Gasteiger partial charge on any atom is -0.494 e. The van der Waals surface area contributed by atoms with Gasteiger partial charge in [0.15, 0.2) is 5.13 Å². The van der Waals surface area contributed by atoms with Crippen LogP contribution in [0, 0.1) is 6.92 Å². The maximum atomic E-state index is 13.4. The van der Waals surface area contributed by atoms with Crippen LogP contribution in [0.5, 0.6) is 5.75 Å². The molecule has 0 N–H and O–H groups in total. The molecule has 0 bridgehead atoms. The molecule has 148 valence electrons. The molecule has 1 aromatic heterocycles. The monoisotopic (exact) mass is 415 g/mol. The van der Waals surface area contributed by atoms with E-state index in [4.69, 9.17) is 9.72 Å². The van der Waals surface area contributed by atoms with Crippen molar-refractivity contribution in [2.24, 2.45) is 0 Å². The quantitative estimate of drug-likeness (QED) is 0.530. The normalized spacial score (nSPS) is 11.2. The summed E-state index contributed by atoms with van der Waals surface area (Å²) in [6, 6.07) is 11.7. The summed E-state index contributed by atoms with van der Waals surface area (Å²) in [5, 5.41) is 0.698. The molecule has 2 aromatic carbocycles. The summed E-state index contributed by atoms with van der Waals surface area (Å²) in [5.41, 5.74) is 2.61. The van der Waals surface area contributed by atoms with E-state index in [1.807, 2.05) is 56.7 Å². The average molecular weight is 416 g/mol. The largest absolute Gasteiger partial charge is 0.494 e. The van der Waals surface area contributed by atoms with E-state index in [0.717, 1.165) is 33.0 Å². The number of amides is 1. The standard InChI is InChI=1S/C21H25N3O2S2/c1-14-9-10-17(26-4)18-19(14)28-21(22-18)24(12-11-23(2)3)20(25)15-7-6-8-16(13-15)27-5/h6-10,13H,11-12H2,1-5H3. The highest BCUT2D eigenvalue weighted by Crippen LogP contribution is 2.36. The van der Waals surface area contributed by atoms with Crippen LogP contribution in [0.3, 0.4) is 0 Å². The van der Waals surface area contributed by atoms with E-state index >= 15 is 0 Å². The molecule has 0 saturated carbocycles. The van der Waals surface area contributed by atoms with E-state index in [-0.39, 0.29) is 5.91 Å². The number of thiazole rings is 1. The molecule has 0 unspecified atom stereocenters. The molecule has 0 aliphatic rings. The fourth-order valence-corrected chi connectivity index (χ4v) is 4.41. The second-order valence-electron chi connectivity index (χ2n) is 6.75. The maximum Gasteiger partial charge on any atom is 0.260 e. The van der Waals surface area contributed by atoms with Crippen LogP contribution in [0.4, 0.5) is 5.13 Å². The summed E-state index contributed by atoms with van der Waals surface area (Å²) < 4.78 is 6.53. The van der Waals surface area contributed by atoms with Gasteiger partial charge in [-0.3, -0.25) is 9.69 Å². The number of thioether (sulfide) groups is 1. The number of hydrogen-bond acceptors (Lipinski definition) is 6. The number of methoxy groups -OCH3 is 1. The van der Waals surface area contributed by atoms with Crippen LogP contribution >= 0.6 is 23.1 Å². The number of hydrogen-bond donors (Lipinski definition) is 0.